The van der Waals surface area contributed by atoms with Crippen molar-refractivity contribution in [3.63, 3.8) is 0 Å². The Morgan fingerprint density at radius 3 is 1.52 bits per heavy atom. The fourth-order valence-corrected chi connectivity index (χ4v) is 10.4. The van der Waals surface area contributed by atoms with Gasteiger partial charge in [0.25, 0.3) is 0 Å². The monoisotopic (exact) mass is 1320 g/mol. The number of nitrogens with two attached hydrogens (primary N) is 1. The number of rotatable bonds is 55. The van der Waals surface area contributed by atoms with Crippen LogP contribution in [0.15, 0.2) is 0 Å². The lowest BCUT2D eigenvalue weighted by Crippen LogP contribution is -2.66. The molecule has 6 amide bonds. The molecular weight excluding hydrogens is 1200 g/mol. The van der Waals surface area contributed by atoms with Crippen LogP contribution in [0.25, 0.3) is 0 Å². The number of ether oxygens (including phenoxy) is 6. The lowest BCUT2D eigenvalue weighted by Gasteiger charge is -2.45. The van der Waals surface area contributed by atoms with E-state index >= 15 is 0 Å². The number of primary amides is 1. The number of hydrogen-bond donors (Lipinski definition) is 11. The Kier molecular flexibility index (Phi) is 46.9. The normalized spacial score (nSPS) is 19.3. The highest BCUT2D eigenvalue weighted by atomic mass is 16.7. The van der Waals surface area contributed by atoms with E-state index in [9.17, 15) is 73.5 Å². The van der Waals surface area contributed by atoms with Gasteiger partial charge in [-0.05, 0) is 40.0 Å². The van der Waals surface area contributed by atoms with Crippen LogP contribution in [-0.4, -0.2) is 197 Å². The third-order valence-corrected chi connectivity index (χ3v) is 15.9. The molecule has 532 valence electrons. The van der Waals surface area contributed by atoms with Crippen molar-refractivity contribution in [1.29, 1.82) is 0 Å². The minimum atomic E-state index is -2.01. The summed E-state index contributed by atoms with van der Waals surface area (Å²) in [5.41, 5.74) is 5.58. The van der Waals surface area contributed by atoms with Gasteiger partial charge in [-0.2, -0.15) is 0 Å². The number of unbranched alkanes of at least 4 members (excludes halogenated alkanes) is 24. The average Bonchev–Trinajstić information content (AvgIpc) is 0.924. The summed E-state index contributed by atoms with van der Waals surface area (Å²) in [7, 11) is 0. The molecule has 0 aromatic heterocycles. The molecule has 1 rings (SSSR count). The topological polar surface area (TPSA) is 413 Å². The van der Waals surface area contributed by atoms with E-state index in [1.54, 1.807) is 0 Å². The van der Waals surface area contributed by atoms with Crippen molar-refractivity contribution in [2.75, 3.05) is 26.4 Å². The van der Waals surface area contributed by atoms with Gasteiger partial charge < -0.3 is 91.1 Å². The number of hydrogen-bond acceptors (Lipinski definition) is 21. The molecule has 0 aromatic rings. The van der Waals surface area contributed by atoms with Crippen LogP contribution < -0.4 is 32.3 Å². The van der Waals surface area contributed by atoms with Crippen molar-refractivity contribution < 1.29 is 102 Å². The summed E-state index contributed by atoms with van der Waals surface area (Å²) >= 11 is 0. The first-order chi connectivity index (χ1) is 43.9. The maximum atomic E-state index is 13.6. The lowest BCUT2D eigenvalue weighted by molar-refractivity contribution is -0.302. The minimum absolute atomic E-state index is 0.122. The molecule has 12 N–H and O–H groups in total. The zero-order chi connectivity index (χ0) is 68.8. The van der Waals surface area contributed by atoms with E-state index in [4.69, 9.17) is 34.2 Å². The van der Waals surface area contributed by atoms with Gasteiger partial charge in [-0.1, -0.05) is 168 Å². The Morgan fingerprint density at radius 2 is 1.07 bits per heavy atom. The highest BCUT2D eigenvalue weighted by molar-refractivity contribution is 5.92. The molecule has 1 fully saturated rings. The Balaban J connectivity index is 2.93. The van der Waals surface area contributed by atoms with E-state index in [0.29, 0.717) is 12.8 Å². The van der Waals surface area contributed by atoms with Gasteiger partial charge in [0.15, 0.2) is 12.4 Å². The van der Waals surface area contributed by atoms with Gasteiger partial charge in [-0.15, -0.1) is 0 Å². The number of aldehydes is 1. The molecule has 0 aliphatic carbocycles. The molecule has 14 atom stereocenters. The first-order valence-electron chi connectivity index (χ1n) is 33.9. The fourth-order valence-electron chi connectivity index (χ4n) is 10.4. The van der Waals surface area contributed by atoms with Crippen LogP contribution in [0.2, 0.25) is 0 Å². The quantitative estimate of drug-likeness (QED) is 0.0178. The van der Waals surface area contributed by atoms with Gasteiger partial charge in [0.1, 0.15) is 92.4 Å². The summed E-state index contributed by atoms with van der Waals surface area (Å²) in [4.78, 5) is 128. The highest BCUT2D eigenvalue weighted by Crippen LogP contribution is 2.27. The van der Waals surface area contributed by atoms with Crippen LogP contribution in [-0.2, 0) is 76.4 Å². The number of amides is 6. The molecule has 92 heavy (non-hydrogen) atoms. The van der Waals surface area contributed by atoms with Crippen molar-refractivity contribution in [1.82, 2.24) is 26.6 Å². The van der Waals surface area contributed by atoms with Crippen molar-refractivity contribution in [2.24, 2.45) is 5.73 Å². The van der Waals surface area contributed by atoms with E-state index in [0.717, 1.165) is 72.1 Å². The van der Waals surface area contributed by atoms with E-state index in [1.807, 2.05) is 0 Å². The minimum Gasteiger partial charge on any atom is -0.462 e. The van der Waals surface area contributed by atoms with Crippen molar-refractivity contribution in [3.8, 4) is 0 Å². The molecule has 1 aliphatic rings. The van der Waals surface area contributed by atoms with Gasteiger partial charge in [0.05, 0.1) is 13.2 Å². The zero-order valence-corrected chi connectivity index (χ0v) is 56.0. The van der Waals surface area contributed by atoms with E-state index < -0.39 is 165 Å². The average molecular weight is 1320 g/mol. The van der Waals surface area contributed by atoms with Gasteiger partial charge in [0.2, 0.25) is 35.4 Å². The highest BCUT2D eigenvalue weighted by Gasteiger charge is 2.49. The molecule has 0 saturated carbocycles. The predicted molar refractivity (Wildman–Crippen MR) is 339 cm³/mol. The maximum Gasteiger partial charge on any atom is 0.328 e. The van der Waals surface area contributed by atoms with Crippen LogP contribution >= 0.6 is 0 Å². The first kappa shape index (κ1) is 84.6. The molecule has 0 spiro atoms. The zero-order valence-electron chi connectivity index (χ0n) is 56.0. The second-order valence-electron chi connectivity index (χ2n) is 24.3. The summed E-state index contributed by atoms with van der Waals surface area (Å²) in [6.07, 6.45) is 13.7. The van der Waals surface area contributed by atoms with Crippen LogP contribution in [0.1, 0.15) is 241 Å². The van der Waals surface area contributed by atoms with E-state index in [1.165, 1.54) is 117 Å². The van der Waals surface area contributed by atoms with Gasteiger partial charge >= 0.3 is 17.9 Å². The molecular formula is C65H116N6O21. The fraction of sp³-hybridized carbons (Fsp3) is 0.846. The molecule has 1 aliphatic heterocycles. The first-order valence-corrected chi connectivity index (χ1v) is 33.9. The van der Waals surface area contributed by atoms with Crippen LogP contribution in [0.3, 0.4) is 0 Å². The Bertz CT molecular complexity index is 2130. The molecule has 0 radical (unpaired) electrons. The number of nitrogens with one attached hydrogen (secondary N) is 5. The third kappa shape index (κ3) is 37.5. The van der Waals surface area contributed by atoms with Crippen molar-refractivity contribution >= 4 is 59.6 Å². The number of aliphatic hydroxyl groups excluding tert-OH is 5. The summed E-state index contributed by atoms with van der Waals surface area (Å²) in [5.74, 6) is -7.35. The largest absolute Gasteiger partial charge is 0.462 e. The number of carbonyl (C=O) groups excluding carboxylic acids is 10. The smallest absolute Gasteiger partial charge is 0.328 e. The third-order valence-electron chi connectivity index (χ3n) is 15.9. The maximum absolute atomic E-state index is 13.6. The second-order valence-corrected chi connectivity index (χ2v) is 24.3. The van der Waals surface area contributed by atoms with E-state index in [2.05, 4.69) is 40.4 Å². The summed E-state index contributed by atoms with van der Waals surface area (Å²) in [6, 6.07) is -7.56. The Labute approximate surface area is 544 Å². The number of esters is 3. The van der Waals surface area contributed by atoms with Crippen LogP contribution in [0.5, 0.6) is 0 Å². The number of carbonyl (C=O) groups is 10. The molecule has 1 heterocycles. The number of aliphatic hydroxyl groups is 5. The van der Waals surface area contributed by atoms with Crippen molar-refractivity contribution in [2.45, 2.75) is 326 Å². The molecule has 1 saturated heterocycles. The van der Waals surface area contributed by atoms with Gasteiger partial charge in [-0.3, -0.25) is 38.4 Å². The summed E-state index contributed by atoms with van der Waals surface area (Å²) in [6.45, 7) is 7.38. The van der Waals surface area contributed by atoms with E-state index in [-0.39, 0.29) is 32.2 Å². The van der Waals surface area contributed by atoms with Crippen LogP contribution in [0.4, 0.5) is 0 Å². The SMILES string of the molecule is CCCCCCCCCCCCCCCC(=O)OC[C@H](COC(=O)[C@H](C)NC(=O)CC[C@@H](NC(=O)[C@H](C)NC(=O)[C@@H](C)O[C@@H]([C@H](O[C@@H]1O[C@H](CO)[C@@H](O)[C@H](O)[C@H]1NC(C)=O)[C@H](O)CO)[C@H](C=O)NC(C)=O)C(N)=O)OC(=O)CCCCCCCCCCCCCCC. The molecule has 0 bridgehead atoms. The molecule has 0 unspecified atom stereocenters. The van der Waals surface area contributed by atoms with Gasteiger partial charge in [0, 0.05) is 33.1 Å². The Hall–Kier alpha value is -5.42. The molecule has 27 heteroatoms. The summed E-state index contributed by atoms with van der Waals surface area (Å²) < 4.78 is 34.0. The predicted octanol–water partition coefficient (Wildman–Crippen LogP) is 3.87. The molecule has 0 aromatic carbocycles. The van der Waals surface area contributed by atoms with Gasteiger partial charge in [-0.25, -0.2) is 4.79 Å². The molecule has 27 nitrogen and oxygen atoms in total. The second kappa shape index (κ2) is 51.0. The Morgan fingerprint density at radius 1 is 0.576 bits per heavy atom. The van der Waals surface area contributed by atoms with Crippen LogP contribution in [0, 0.1) is 0 Å². The summed E-state index contributed by atoms with van der Waals surface area (Å²) in [5, 5.41) is 64.0. The lowest BCUT2D eigenvalue weighted by atomic mass is 9.96. The van der Waals surface area contributed by atoms with Crippen molar-refractivity contribution in [3.05, 3.63) is 0 Å². The standard InChI is InChI=1S/C65H116N6O21/c1-8-10-12-14-16-18-20-22-24-26-28-30-32-34-54(79)87-41-48(90-55(80)35-33-31-29-27-25-23-21-19-17-15-13-11-9-2)42-88-64(86)44(4)67-53(78)37-36-49(61(66)83)71-62(84)43(3)68-63(85)45(5)89-59(50(38-72)69-46(6)75)60(51(77)39-73)92-65-56(70-47(7)76)58(82)57(81)52(40-74)91-65/h38,43-45,48-52,56-60,65,73-74,77,81-82H,8-37,39-42H2,1-7H3,(H2,66,83)(H,67,78)(H,68,85)(H,69,75)(H,70,76)(H,71,84)/t43-,44-,45+,48+,49+,50-,51+,52+,56+,57+,58+,59+,60+,65-/m0/s1.